The summed E-state index contributed by atoms with van der Waals surface area (Å²) in [4.78, 5) is 0. The number of aliphatic hydroxyl groups excluding tert-OH is 1. The van der Waals surface area contributed by atoms with Crippen molar-refractivity contribution in [1.29, 1.82) is 0 Å². The van der Waals surface area contributed by atoms with Crippen molar-refractivity contribution >= 4 is 0 Å². The number of nitrogens with two attached hydrogens (primary N) is 1. The summed E-state index contributed by atoms with van der Waals surface area (Å²) in [5, 5.41) is 8.56. The van der Waals surface area contributed by atoms with Crippen LogP contribution in [0, 0.1) is 0 Å². The minimum atomic E-state index is 0. The van der Waals surface area contributed by atoms with E-state index in [9.17, 15) is 0 Å². The molecule has 0 aliphatic rings. The van der Waals surface area contributed by atoms with Crippen molar-refractivity contribution in [3.05, 3.63) is 0 Å². The van der Waals surface area contributed by atoms with Gasteiger partial charge in [0.15, 0.2) is 0 Å². The smallest absolute Gasteiger partial charge is 0.0487 e. The highest BCUT2D eigenvalue weighted by atomic mass is 16.5. The van der Waals surface area contributed by atoms with Crippen LogP contribution in [0.4, 0.5) is 0 Å². The maximum absolute atomic E-state index is 8.56. The van der Waals surface area contributed by atoms with Gasteiger partial charge >= 0.3 is 0 Å². The summed E-state index contributed by atoms with van der Waals surface area (Å²) < 4.78 is 16.2. The van der Waals surface area contributed by atoms with Crippen LogP contribution in [-0.4, -0.2) is 57.9 Å². The third-order valence-corrected chi connectivity index (χ3v) is 2.59. The third-order valence-electron chi connectivity index (χ3n) is 2.59. The first-order chi connectivity index (χ1) is 9.41. The van der Waals surface area contributed by atoms with Crippen LogP contribution >= 0.6 is 0 Å². The Kier molecular flexibility index (Phi) is 30.4. The largest absolute Gasteiger partial charge is 0.396 e. The van der Waals surface area contributed by atoms with Crippen molar-refractivity contribution < 1.29 is 19.3 Å². The van der Waals surface area contributed by atoms with E-state index in [2.05, 4.69) is 0 Å². The van der Waals surface area contributed by atoms with E-state index < -0.39 is 0 Å². The van der Waals surface area contributed by atoms with E-state index in [1.807, 2.05) is 0 Å². The van der Waals surface area contributed by atoms with Gasteiger partial charge in [-0.2, -0.15) is 0 Å². The number of hydrogen-bond donors (Lipinski definition) is 2. The molecule has 0 aromatic heterocycles. The molecule has 0 radical (unpaired) electrons. The Morgan fingerprint density at radius 3 is 1.24 bits per heavy atom. The van der Waals surface area contributed by atoms with Gasteiger partial charge in [-0.15, -0.1) is 0 Å². The molecule has 3 N–H and O–H groups in total. The monoisotopic (exact) mass is 309 g/mol. The zero-order chi connectivity index (χ0) is 14.0. The molecule has 0 unspecified atom stereocenters. The van der Waals surface area contributed by atoms with Gasteiger partial charge in [0.2, 0.25) is 0 Å². The highest BCUT2D eigenvalue weighted by molar-refractivity contribution is 4.42. The summed E-state index contributed by atoms with van der Waals surface area (Å²) in [6.45, 7) is 5.52. The molecular weight excluding hydrogens is 270 g/mol. The maximum atomic E-state index is 8.56. The first-order valence-electron chi connectivity index (χ1n) is 7.46. The lowest BCUT2D eigenvalue weighted by atomic mass is 10.3. The van der Waals surface area contributed by atoms with Crippen LogP contribution in [0.3, 0.4) is 0 Å². The van der Waals surface area contributed by atoms with Gasteiger partial charge in [0.25, 0.3) is 0 Å². The molecule has 0 atom stereocenters. The standard InChI is InChI=1S/C14H31NO4.2CH4/c15-7-5-13-18-11-3-1-9-17-10-2-4-12-19-14-6-8-16;;/h16H,1-15H2;2*1H4. The molecule has 0 saturated heterocycles. The molecule has 5 nitrogen and oxygen atoms in total. The Hall–Kier alpha value is -0.200. The summed E-state index contributed by atoms with van der Waals surface area (Å²) in [6.07, 6.45) is 5.82. The third kappa shape index (κ3) is 25.1. The van der Waals surface area contributed by atoms with Crippen molar-refractivity contribution in [2.75, 3.05) is 52.8 Å². The van der Waals surface area contributed by atoms with Gasteiger partial charge in [0.05, 0.1) is 0 Å². The number of hydrogen-bond acceptors (Lipinski definition) is 5. The zero-order valence-corrected chi connectivity index (χ0v) is 12.1. The second-order valence-electron chi connectivity index (χ2n) is 4.47. The molecule has 0 bridgehead atoms. The Morgan fingerprint density at radius 2 is 0.905 bits per heavy atom. The van der Waals surface area contributed by atoms with Crippen molar-refractivity contribution in [3.63, 3.8) is 0 Å². The Balaban J connectivity index is -0.00000162. The van der Waals surface area contributed by atoms with Crippen LogP contribution in [0.2, 0.25) is 0 Å². The van der Waals surface area contributed by atoms with E-state index in [1.54, 1.807) is 0 Å². The number of aliphatic hydroxyl groups is 1. The van der Waals surface area contributed by atoms with E-state index in [0.717, 1.165) is 71.6 Å². The van der Waals surface area contributed by atoms with Crippen molar-refractivity contribution in [2.24, 2.45) is 5.73 Å². The quantitative estimate of drug-likeness (QED) is 0.429. The molecule has 21 heavy (non-hydrogen) atoms. The Bertz CT molecular complexity index is 143. The summed E-state index contributed by atoms with van der Waals surface area (Å²) in [5.41, 5.74) is 5.36. The number of ether oxygens (including phenoxy) is 3. The van der Waals surface area contributed by atoms with Gasteiger partial charge in [-0.25, -0.2) is 0 Å². The first-order valence-corrected chi connectivity index (χ1v) is 7.46. The molecule has 132 valence electrons. The lowest BCUT2D eigenvalue weighted by Gasteiger charge is -2.06. The van der Waals surface area contributed by atoms with Crippen molar-refractivity contribution in [1.82, 2.24) is 0 Å². The maximum Gasteiger partial charge on any atom is 0.0487 e. The van der Waals surface area contributed by atoms with Crippen LogP contribution in [0.15, 0.2) is 0 Å². The predicted octanol–water partition coefficient (Wildman–Crippen LogP) is 2.60. The minimum Gasteiger partial charge on any atom is -0.396 e. The van der Waals surface area contributed by atoms with Crippen LogP contribution in [0.25, 0.3) is 0 Å². The normalized spacial score (nSPS) is 10.0. The van der Waals surface area contributed by atoms with Gasteiger partial charge in [0, 0.05) is 46.2 Å². The lowest BCUT2D eigenvalue weighted by Crippen LogP contribution is -2.06. The van der Waals surface area contributed by atoms with E-state index in [4.69, 9.17) is 25.1 Å². The fourth-order valence-electron chi connectivity index (χ4n) is 1.47. The minimum absolute atomic E-state index is 0. The van der Waals surface area contributed by atoms with Crippen LogP contribution in [-0.2, 0) is 14.2 Å². The molecule has 0 aliphatic heterocycles. The highest BCUT2D eigenvalue weighted by Crippen LogP contribution is 1.96. The average molecular weight is 309 g/mol. The van der Waals surface area contributed by atoms with Gasteiger partial charge in [-0.1, -0.05) is 14.9 Å². The van der Waals surface area contributed by atoms with E-state index >= 15 is 0 Å². The fraction of sp³-hybridized carbons (Fsp3) is 1.00. The van der Waals surface area contributed by atoms with E-state index in [0.29, 0.717) is 13.2 Å². The Morgan fingerprint density at radius 1 is 0.571 bits per heavy atom. The summed E-state index contributed by atoms with van der Waals surface area (Å²) >= 11 is 0. The second-order valence-corrected chi connectivity index (χ2v) is 4.47. The van der Waals surface area contributed by atoms with Gasteiger partial charge in [0.1, 0.15) is 0 Å². The van der Waals surface area contributed by atoms with E-state index in [1.165, 1.54) is 0 Å². The van der Waals surface area contributed by atoms with Crippen molar-refractivity contribution in [2.45, 2.75) is 53.4 Å². The first kappa shape index (κ1) is 25.7. The van der Waals surface area contributed by atoms with Gasteiger partial charge in [-0.05, 0) is 45.1 Å². The fourth-order valence-corrected chi connectivity index (χ4v) is 1.47. The van der Waals surface area contributed by atoms with Crippen molar-refractivity contribution in [3.8, 4) is 0 Å². The summed E-state index contributed by atoms with van der Waals surface area (Å²) in [6, 6.07) is 0. The molecule has 0 saturated carbocycles. The molecule has 5 heteroatoms. The summed E-state index contributed by atoms with van der Waals surface area (Å²) in [7, 11) is 0. The molecule has 0 aliphatic carbocycles. The average Bonchev–Trinajstić information content (AvgIpc) is 2.43. The molecule has 0 aromatic carbocycles. The SMILES string of the molecule is C.C.NCCCOCCCCOCCCCOCCCO. The van der Waals surface area contributed by atoms with E-state index in [-0.39, 0.29) is 21.5 Å². The molecular formula is C16H39NO4. The Labute approximate surface area is 132 Å². The molecule has 0 aromatic rings. The van der Waals surface area contributed by atoms with Gasteiger partial charge in [-0.3, -0.25) is 0 Å². The van der Waals surface area contributed by atoms with Crippen LogP contribution < -0.4 is 5.73 Å². The summed E-state index contributed by atoms with van der Waals surface area (Å²) in [5.74, 6) is 0. The lowest BCUT2D eigenvalue weighted by molar-refractivity contribution is 0.0866. The molecule has 0 heterocycles. The zero-order valence-electron chi connectivity index (χ0n) is 12.1. The highest BCUT2D eigenvalue weighted by Gasteiger charge is 1.93. The number of rotatable bonds is 16. The van der Waals surface area contributed by atoms with Gasteiger partial charge < -0.3 is 25.1 Å². The van der Waals surface area contributed by atoms with Crippen LogP contribution in [0.1, 0.15) is 53.4 Å². The molecule has 0 rings (SSSR count). The number of unbranched alkanes of at least 4 members (excludes halogenated alkanes) is 2. The molecule has 0 amide bonds. The topological polar surface area (TPSA) is 73.9 Å². The second kappa shape index (κ2) is 24.8. The molecule has 0 spiro atoms. The molecule has 0 fully saturated rings. The predicted molar refractivity (Wildman–Crippen MR) is 89.8 cm³/mol. The van der Waals surface area contributed by atoms with Crippen LogP contribution in [0.5, 0.6) is 0 Å².